The molecule has 0 aliphatic carbocycles. The molecular weight excluding hydrogens is 477 g/mol. The third-order valence-electron chi connectivity index (χ3n) is 5.60. The summed E-state index contributed by atoms with van der Waals surface area (Å²) in [7, 11) is -4.31. The molecule has 4 rings (SSSR count). The number of benzene rings is 2. The SMILES string of the molecule is O=C(N[C@@H](C(=O)N1CCN(C(=O)c2ccccc2F)CC1)S(=O)(=O)c1ccccc1)c1ccco1. The summed E-state index contributed by atoms with van der Waals surface area (Å²) in [4.78, 5) is 41.1. The predicted octanol–water partition coefficient (Wildman–Crippen LogP) is 1.93. The first kappa shape index (κ1) is 24.1. The van der Waals surface area contributed by atoms with Crippen LogP contribution in [0.25, 0.3) is 0 Å². The number of hydrogen-bond donors (Lipinski definition) is 1. The van der Waals surface area contributed by atoms with Crippen molar-refractivity contribution in [2.75, 3.05) is 26.2 Å². The Bertz CT molecular complexity index is 1320. The van der Waals surface area contributed by atoms with Crippen LogP contribution in [0.4, 0.5) is 4.39 Å². The Labute approximate surface area is 201 Å². The molecule has 1 fully saturated rings. The Morgan fingerprint density at radius 1 is 0.857 bits per heavy atom. The van der Waals surface area contributed by atoms with E-state index in [1.165, 1.54) is 70.7 Å². The molecule has 1 N–H and O–H groups in total. The molecule has 1 atom stereocenters. The molecule has 1 aliphatic heterocycles. The Morgan fingerprint density at radius 2 is 1.49 bits per heavy atom. The fourth-order valence-electron chi connectivity index (χ4n) is 3.72. The van der Waals surface area contributed by atoms with Gasteiger partial charge in [-0.25, -0.2) is 12.8 Å². The average Bonchev–Trinajstić information content (AvgIpc) is 3.42. The maximum atomic E-state index is 14.0. The van der Waals surface area contributed by atoms with Gasteiger partial charge in [0.15, 0.2) is 5.76 Å². The van der Waals surface area contributed by atoms with Gasteiger partial charge in [0.1, 0.15) is 5.82 Å². The van der Waals surface area contributed by atoms with Crippen molar-refractivity contribution in [3.05, 3.63) is 90.1 Å². The standard InChI is InChI=1S/C24H22FN3O6S/c25-19-10-5-4-9-18(19)23(30)27-12-14-28(15-13-27)24(31)22(26-21(29)20-11-6-16-34-20)35(32,33)17-7-2-1-3-8-17/h1-11,16,22H,12-15H2,(H,26,29)/t22-/m1/s1. The number of halogens is 1. The number of piperazine rings is 1. The first-order valence-corrected chi connectivity index (χ1v) is 12.3. The quantitative estimate of drug-likeness (QED) is 0.554. The summed E-state index contributed by atoms with van der Waals surface area (Å²) >= 11 is 0. The molecule has 3 aromatic rings. The van der Waals surface area contributed by atoms with Gasteiger partial charge in [-0.2, -0.15) is 0 Å². The van der Waals surface area contributed by atoms with E-state index in [1.54, 1.807) is 12.1 Å². The van der Waals surface area contributed by atoms with E-state index in [-0.39, 0.29) is 42.4 Å². The molecule has 1 saturated heterocycles. The maximum Gasteiger partial charge on any atom is 0.288 e. The molecule has 2 aromatic carbocycles. The Hall–Kier alpha value is -3.99. The zero-order chi connectivity index (χ0) is 25.0. The maximum absolute atomic E-state index is 14.0. The normalized spacial score (nSPS) is 14.9. The molecule has 3 amide bonds. The van der Waals surface area contributed by atoms with Crippen LogP contribution in [0, 0.1) is 5.82 Å². The minimum absolute atomic E-state index is 0.0104. The third kappa shape index (κ3) is 5.09. The van der Waals surface area contributed by atoms with Crippen molar-refractivity contribution in [2.45, 2.75) is 10.3 Å². The van der Waals surface area contributed by atoms with Crippen LogP contribution in [-0.4, -0.2) is 67.5 Å². The number of hydrogen-bond acceptors (Lipinski definition) is 6. The summed E-state index contributed by atoms with van der Waals surface area (Å²) in [5.74, 6) is -3.01. The largest absolute Gasteiger partial charge is 0.459 e. The highest BCUT2D eigenvalue weighted by Crippen LogP contribution is 2.19. The molecule has 1 aliphatic rings. The highest BCUT2D eigenvalue weighted by atomic mass is 32.2. The van der Waals surface area contributed by atoms with Crippen molar-refractivity contribution in [3.8, 4) is 0 Å². The van der Waals surface area contributed by atoms with E-state index >= 15 is 0 Å². The van der Waals surface area contributed by atoms with Crippen molar-refractivity contribution in [1.29, 1.82) is 0 Å². The Balaban J connectivity index is 1.53. The van der Waals surface area contributed by atoms with Gasteiger partial charge >= 0.3 is 0 Å². The minimum atomic E-state index is -4.31. The number of nitrogens with zero attached hydrogens (tertiary/aromatic N) is 2. The van der Waals surface area contributed by atoms with E-state index < -0.39 is 38.7 Å². The molecule has 35 heavy (non-hydrogen) atoms. The van der Waals surface area contributed by atoms with Gasteiger partial charge < -0.3 is 19.5 Å². The Kier molecular flexibility index (Phi) is 6.97. The number of rotatable bonds is 6. The van der Waals surface area contributed by atoms with E-state index in [4.69, 9.17) is 4.42 Å². The highest BCUT2D eigenvalue weighted by molar-refractivity contribution is 7.92. The van der Waals surface area contributed by atoms with Crippen LogP contribution in [0.5, 0.6) is 0 Å². The lowest BCUT2D eigenvalue weighted by atomic mass is 10.1. The first-order valence-electron chi connectivity index (χ1n) is 10.7. The molecule has 9 nitrogen and oxygen atoms in total. The van der Waals surface area contributed by atoms with Crippen LogP contribution >= 0.6 is 0 Å². The summed E-state index contributed by atoms with van der Waals surface area (Å²) in [6, 6.07) is 15.7. The van der Waals surface area contributed by atoms with Crippen LogP contribution in [0.3, 0.4) is 0 Å². The van der Waals surface area contributed by atoms with Gasteiger partial charge in [0, 0.05) is 26.2 Å². The third-order valence-corrected chi connectivity index (χ3v) is 7.47. The number of carbonyl (C=O) groups is 3. The van der Waals surface area contributed by atoms with Gasteiger partial charge in [-0.1, -0.05) is 30.3 Å². The second-order valence-corrected chi connectivity index (χ2v) is 9.82. The van der Waals surface area contributed by atoms with Gasteiger partial charge in [-0.3, -0.25) is 14.4 Å². The van der Waals surface area contributed by atoms with E-state index in [2.05, 4.69) is 5.32 Å². The predicted molar refractivity (Wildman–Crippen MR) is 122 cm³/mol. The summed E-state index contributed by atoms with van der Waals surface area (Å²) in [5, 5.41) is 0.374. The lowest BCUT2D eigenvalue weighted by Crippen LogP contribution is -2.57. The van der Waals surface area contributed by atoms with E-state index in [1.807, 2.05) is 0 Å². The number of nitrogens with one attached hydrogen (secondary N) is 1. The van der Waals surface area contributed by atoms with Gasteiger partial charge in [-0.05, 0) is 36.4 Å². The molecule has 1 aromatic heterocycles. The summed E-state index contributed by atoms with van der Waals surface area (Å²) in [6.07, 6.45) is 1.25. The summed E-state index contributed by atoms with van der Waals surface area (Å²) in [6.45, 7) is 0.166. The highest BCUT2D eigenvalue weighted by Gasteiger charge is 2.40. The number of sulfone groups is 1. The number of carbonyl (C=O) groups excluding carboxylic acids is 3. The lowest BCUT2D eigenvalue weighted by Gasteiger charge is -2.36. The van der Waals surface area contributed by atoms with Crippen molar-refractivity contribution in [2.24, 2.45) is 0 Å². The molecule has 0 saturated carbocycles. The number of furan rings is 1. The van der Waals surface area contributed by atoms with Crippen molar-refractivity contribution >= 4 is 27.6 Å². The molecule has 0 spiro atoms. The summed E-state index contributed by atoms with van der Waals surface area (Å²) in [5.41, 5.74) is -0.0810. The van der Waals surface area contributed by atoms with Crippen LogP contribution in [0.15, 0.2) is 82.3 Å². The van der Waals surface area contributed by atoms with Crippen LogP contribution in [0.1, 0.15) is 20.9 Å². The topological polar surface area (TPSA) is 117 Å². The fourth-order valence-corrected chi connectivity index (χ4v) is 5.20. The second kappa shape index (κ2) is 10.1. The minimum Gasteiger partial charge on any atom is -0.459 e. The molecule has 0 bridgehead atoms. The lowest BCUT2D eigenvalue weighted by molar-refractivity contribution is -0.132. The van der Waals surface area contributed by atoms with Gasteiger partial charge in [0.05, 0.1) is 16.7 Å². The number of amides is 3. The molecular formula is C24H22FN3O6S. The van der Waals surface area contributed by atoms with Crippen LogP contribution < -0.4 is 5.32 Å². The van der Waals surface area contributed by atoms with E-state index in [0.717, 1.165) is 0 Å². The van der Waals surface area contributed by atoms with Gasteiger partial charge in [-0.15, -0.1) is 0 Å². The van der Waals surface area contributed by atoms with Gasteiger partial charge in [0.2, 0.25) is 15.2 Å². The van der Waals surface area contributed by atoms with Crippen molar-refractivity contribution in [3.63, 3.8) is 0 Å². The molecule has 182 valence electrons. The molecule has 2 heterocycles. The summed E-state index contributed by atoms with van der Waals surface area (Å²) < 4.78 is 45.7. The monoisotopic (exact) mass is 499 g/mol. The van der Waals surface area contributed by atoms with Crippen LogP contribution in [-0.2, 0) is 14.6 Å². The van der Waals surface area contributed by atoms with E-state index in [9.17, 15) is 27.2 Å². The molecule has 11 heteroatoms. The smallest absolute Gasteiger partial charge is 0.288 e. The zero-order valence-electron chi connectivity index (χ0n) is 18.5. The van der Waals surface area contributed by atoms with Crippen molar-refractivity contribution < 1.29 is 31.6 Å². The van der Waals surface area contributed by atoms with Crippen LogP contribution in [0.2, 0.25) is 0 Å². The fraction of sp³-hybridized carbons (Fsp3) is 0.208. The van der Waals surface area contributed by atoms with Crippen molar-refractivity contribution in [1.82, 2.24) is 15.1 Å². The second-order valence-electron chi connectivity index (χ2n) is 7.79. The molecule has 0 radical (unpaired) electrons. The van der Waals surface area contributed by atoms with E-state index in [0.29, 0.717) is 0 Å². The van der Waals surface area contributed by atoms with Gasteiger partial charge in [0.25, 0.3) is 17.7 Å². The average molecular weight is 500 g/mol. The first-order chi connectivity index (χ1) is 16.8. The molecule has 0 unspecified atom stereocenters. The zero-order valence-corrected chi connectivity index (χ0v) is 19.3. The Morgan fingerprint density at radius 3 is 2.11 bits per heavy atom.